The zero-order chi connectivity index (χ0) is 22.0. The number of benzene rings is 1. The summed E-state index contributed by atoms with van der Waals surface area (Å²) in [4.78, 5) is 12.6. The Bertz CT molecular complexity index is 1050. The van der Waals surface area contributed by atoms with Gasteiger partial charge in [0.2, 0.25) is 11.8 Å². The first-order chi connectivity index (χ1) is 14.8. The van der Waals surface area contributed by atoms with Gasteiger partial charge in [0, 0.05) is 30.4 Å². The molecule has 0 radical (unpaired) electrons. The van der Waals surface area contributed by atoms with Crippen molar-refractivity contribution in [2.45, 2.75) is 50.6 Å². The molecular formula is C23H32N6OS. The normalized spacial score (nSPS) is 15.1. The first-order valence-corrected chi connectivity index (χ1v) is 11.6. The Labute approximate surface area is 188 Å². The fourth-order valence-corrected chi connectivity index (χ4v) is 4.65. The molecule has 1 aliphatic rings. The number of nitrogen functional groups attached to an aromatic ring is 1. The van der Waals surface area contributed by atoms with Crippen LogP contribution in [-0.4, -0.2) is 51.7 Å². The predicted octanol–water partition coefficient (Wildman–Crippen LogP) is 4.18. The number of imidazole rings is 1. The van der Waals surface area contributed by atoms with Gasteiger partial charge in [0.1, 0.15) is 0 Å². The van der Waals surface area contributed by atoms with E-state index < -0.39 is 0 Å². The summed E-state index contributed by atoms with van der Waals surface area (Å²) >= 11 is 1.54. The molecule has 0 unspecified atom stereocenters. The molecule has 0 aliphatic carbocycles. The van der Waals surface area contributed by atoms with Crippen molar-refractivity contribution in [3.8, 4) is 17.0 Å². The van der Waals surface area contributed by atoms with Crippen molar-refractivity contribution in [1.29, 1.82) is 0 Å². The summed E-state index contributed by atoms with van der Waals surface area (Å²) in [6, 6.07) is 8.40. The van der Waals surface area contributed by atoms with Crippen LogP contribution in [0.25, 0.3) is 22.2 Å². The van der Waals surface area contributed by atoms with Crippen LogP contribution in [0.4, 0.5) is 5.95 Å². The van der Waals surface area contributed by atoms with Crippen molar-refractivity contribution in [1.82, 2.24) is 24.2 Å². The standard InChI is InChI=1S/C23H32N6OS/c1-23(2,3)27-31-20-14-17(15-25-21(20)30-4)16-7-8-18-19(13-16)29(22(24)26-18)12-11-28-9-5-6-10-28/h7-8,13-15,27H,5-6,9-12H2,1-4H3,(H2,24,26). The van der Waals surface area contributed by atoms with Gasteiger partial charge in [-0.3, -0.25) is 4.72 Å². The summed E-state index contributed by atoms with van der Waals surface area (Å²) in [5.74, 6) is 1.19. The number of hydrogen-bond acceptors (Lipinski definition) is 7. The van der Waals surface area contributed by atoms with Crippen molar-refractivity contribution >= 4 is 28.9 Å². The second kappa shape index (κ2) is 9.06. The number of nitrogens with one attached hydrogen (secondary N) is 1. The van der Waals surface area contributed by atoms with Gasteiger partial charge in [-0.25, -0.2) is 9.97 Å². The first-order valence-electron chi connectivity index (χ1n) is 10.8. The van der Waals surface area contributed by atoms with Crippen molar-refractivity contribution in [3.05, 3.63) is 30.5 Å². The lowest BCUT2D eigenvalue weighted by atomic mass is 10.1. The summed E-state index contributed by atoms with van der Waals surface area (Å²) in [6.07, 6.45) is 4.44. The van der Waals surface area contributed by atoms with Crippen molar-refractivity contribution < 1.29 is 4.74 Å². The molecule has 166 valence electrons. The molecule has 8 heteroatoms. The van der Waals surface area contributed by atoms with Crippen LogP contribution in [0.1, 0.15) is 33.6 Å². The maximum atomic E-state index is 6.26. The van der Waals surface area contributed by atoms with Gasteiger partial charge in [0.15, 0.2) is 0 Å². The van der Waals surface area contributed by atoms with Crippen LogP contribution in [0.2, 0.25) is 0 Å². The Morgan fingerprint density at radius 3 is 2.61 bits per heavy atom. The lowest BCUT2D eigenvalue weighted by Gasteiger charge is -2.20. The molecule has 1 fully saturated rings. The van der Waals surface area contributed by atoms with Gasteiger partial charge in [-0.05, 0) is 82.4 Å². The number of hydrogen-bond donors (Lipinski definition) is 2. The van der Waals surface area contributed by atoms with E-state index in [4.69, 9.17) is 10.5 Å². The molecule has 0 spiro atoms. The third-order valence-corrected chi connectivity index (χ3v) is 6.66. The van der Waals surface area contributed by atoms with E-state index >= 15 is 0 Å². The highest BCUT2D eigenvalue weighted by Crippen LogP contribution is 2.33. The van der Waals surface area contributed by atoms with E-state index in [0.29, 0.717) is 11.8 Å². The highest BCUT2D eigenvalue weighted by molar-refractivity contribution is 7.97. The second-order valence-corrected chi connectivity index (χ2v) is 9.91. The number of methoxy groups -OCH3 is 1. The molecule has 4 rings (SSSR count). The predicted molar refractivity (Wildman–Crippen MR) is 128 cm³/mol. The lowest BCUT2D eigenvalue weighted by Crippen LogP contribution is -2.29. The number of aromatic nitrogens is 3. The molecule has 0 saturated carbocycles. The molecule has 0 amide bonds. The third kappa shape index (κ3) is 5.14. The van der Waals surface area contributed by atoms with Crippen LogP contribution >= 0.6 is 11.9 Å². The number of nitrogens with zero attached hydrogens (tertiary/aromatic N) is 4. The Balaban J connectivity index is 1.63. The average Bonchev–Trinajstić information content (AvgIpc) is 3.36. The minimum atomic E-state index is -0.0238. The SMILES string of the molecule is COc1ncc(-c2ccc3nc(N)n(CCN4CCCC4)c3c2)cc1SNC(C)(C)C. The highest BCUT2D eigenvalue weighted by Gasteiger charge is 2.16. The van der Waals surface area contributed by atoms with Crippen LogP contribution in [0.3, 0.4) is 0 Å². The van der Waals surface area contributed by atoms with Crippen LogP contribution in [0.15, 0.2) is 35.4 Å². The number of anilines is 1. The maximum Gasteiger partial charge on any atom is 0.228 e. The summed E-state index contributed by atoms with van der Waals surface area (Å²) in [5.41, 5.74) is 10.3. The Morgan fingerprint density at radius 1 is 1.13 bits per heavy atom. The molecule has 3 heterocycles. The van der Waals surface area contributed by atoms with E-state index in [0.717, 1.165) is 40.1 Å². The van der Waals surface area contributed by atoms with Crippen LogP contribution in [-0.2, 0) is 6.54 Å². The van der Waals surface area contributed by atoms with Gasteiger partial charge in [0.25, 0.3) is 0 Å². The van der Waals surface area contributed by atoms with E-state index in [9.17, 15) is 0 Å². The largest absolute Gasteiger partial charge is 0.480 e. The smallest absolute Gasteiger partial charge is 0.228 e. The Morgan fingerprint density at radius 2 is 1.90 bits per heavy atom. The van der Waals surface area contributed by atoms with Gasteiger partial charge in [0.05, 0.1) is 23.0 Å². The minimum Gasteiger partial charge on any atom is -0.480 e. The summed E-state index contributed by atoms with van der Waals surface area (Å²) in [7, 11) is 1.65. The molecule has 2 aromatic heterocycles. The molecule has 1 saturated heterocycles. The molecule has 1 aromatic carbocycles. The van der Waals surface area contributed by atoms with Crippen molar-refractivity contribution in [3.63, 3.8) is 0 Å². The maximum absolute atomic E-state index is 6.26. The lowest BCUT2D eigenvalue weighted by molar-refractivity contribution is 0.325. The fourth-order valence-electron chi connectivity index (χ4n) is 3.83. The van der Waals surface area contributed by atoms with Gasteiger partial charge in [-0.2, -0.15) is 0 Å². The number of pyridine rings is 1. The molecule has 3 N–H and O–H groups in total. The Kier molecular flexibility index (Phi) is 6.41. The Hall–Kier alpha value is -2.29. The van der Waals surface area contributed by atoms with Gasteiger partial charge >= 0.3 is 0 Å². The molecule has 0 atom stereocenters. The fraction of sp³-hybridized carbons (Fsp3) is 0.478. The molecule has 3 aromatic rings. The number of nitrogens with two attached hydrogens (primary N) is 1. The van der Waals surface area contributed by atoms with E-state index in [-0.39, 0.29) is 5.54 Å². The van der Waals surface area contributed by atoms with Gasteiger partial charge < -0.3 is 19.9 Å². The summed E-state index contributed by atoms with van der Waals surface area (Å²) in [6.45, 7) is 10.6. The molecule has 1 aliphatic heterocycles. The van der Waals surface area contributed by atoms with E-state index in [2.05, 4.69) is 63.1 Å². The second-order valence-electron chi connectivity index (χ2n) is 9.06. The minimum absolute atomic E-state index is 0.0238. The monoisotopic (exact) mass is 440 g/mol. The molecular weight excluding hydrogens is 408 g/mol. The van der Waals surface area contributed by atoms with Crippen molar-refractivity contribution in [2.24, 2.45) is 0 Å². The average molecular weight is 441 g/mol. The third-order valence-electron chi connectivity index (χ3n) is 5.43. The van der Waals surface area contributed by atoms with E-state index in [1.54, 1.807) is 7.11 Å². The van der Waals surface area contributed by atoms with Gasteiger partial charge in [-0.1, -0.05) is 6.07 Å². The zero-order valence-corrected chi connectivity index (χ0v) is 19.6. The number of fused-ring (bicyclic) bond motifs is 1. The number of likely N-dealkylation sites (tertiary alicyclic amines) is 1. The van der Waals surface area contributed by atoms with Gasteiger partial charge in [-0.15, -0.1) is 0 Å². The van der Waals surface area contributed by atoms with Crippen LogP contribution in [0, 0.1) is 0 Å². The molecule has 0 bridgehead atoms. The van der Waals surface area contributed by atoms with Crippen LogP contribution in [0.5, 0.6) is 5.88 Å². The van der Waals surface area contributed by atoms with Crippen LogP contribution < -0.4 is 15.2 Å². The molecule has 31 heavy (non-hydrogen) atoms. The summed E-state index contributed by atoms with van der Waals surface area (Å²) < 4.78 is 11.0. The van der Waals surface area contributed by atoms with Crippen molar-refractivity contribution in [2.75, 3.05) is 32.5 Å². The summed E-state index contributed by atoms with van der Waals surface area (Å²) in [5, 5.41) is 0. The first kappa shape index (κ1) is 21.9. The van der Waals surface area contributed by atoms with E-state index in [1.165, 1.54) is 37.9 Å². The number of rotatable bonds is 7. The number of ether oxygens (including phenoxy) is 1. The van der Waals surface area contributed by atoms with E-state index in [1.807, 2.05) is 12.3 Å². The molecule has 7 nitrogen and oxygen atoms in total. The zero-order valence-electron chi connectivity index (χ0n) is 18.8. The topological polar surface area (TPSA) is 81.2 Å². The highest BCUT2D eigenvalue weighted by atomic mass is 32.2. The quantitative estimate of drug-likeness (QED) is 0.533.